The molecule has 4 rings (SSSR count). The van der Waals surface area contributed by atoms with Crippen LogP contribution in [0.1, 0.15) is 16.0 Å². The van der Waals surface area contributed by atoms with E-state index in [-0.39, 0.29) is 18.9 Å². The fourth-order valence-corrected chi connectivity index (χ4v) is 4.05. The van der Waals surface area contributed by atoms with E-state index in [0.29, 0.717) is 17.3 Å². The Morgan fingerprint density at radius 3 is 2.44 bits per heavy atom. The first-order valence-corrected chi connectivity index (χ1v) is 11.8. The number of aromatic nitrogens is 1. The second-order valence-electron chi connectivity index (χ2n) is 7.49. The van der Waals surface area contributed by atoms with Crippen LogP contribution in [0.4, 0.5) is 16.2 Å². The van der Waals surface area contributed by atoms with Crippen LogP contribution in [0.5, 0.6) is 0 Å². The van der Waals surface area contributed by atoms with Gasteiger partial charge in [0, 0.05) is 22.6 Å². The number of hydrogen-bond acceptors (Lipinski definition) is 5. The summed E-state index contributed by atoms with van der Waals surface area (Å²) in [5.41, 5.74) is 4.83. The van der Waals surface area contributed by atoms with E-state index in [0.717, 1.165) is 21.7 Å². The van der Waals surface area contributed by atoms with Gasteiger partial charge in [0.05, 0.1) is 23.4 Å². The van der Waals surface area contributed by atoms with Crippen LogP contribution < -0.4 is 10.2 Å². The lowest BCUT2D eigenvalue weighted by atomic mass is 10.1. The van der Waals surface area contributed by atoms with E-state index in [1.54, 1.807) is 53.0 Å². The van der Waals surface area contributed by atoms with Crippen LogP contribution in [0.25, 0.3) is 0 Å². The molecule has 0 fully saturated rings. The minimum Gasteiger partial charge on any atom is -0.444 e. The number of benzene rings is 3. The molecule has 4 aromatic rings. The molecule has 6 nitrogen and oxygen atoms in total. The summed E-state index contributed by atoms with van der Waals surface area (Å²) in [6.07, 6.45) is 1.32. The highest BCUT2D eigenvalue weighted by atomic mass is 35.5. The Morgan fingerprint density at radius 2 is 1.74 bits per heavy atom. The number of nitrogens with zero attached hydrogens (tertiary/aromatic N) is 2. The molecule has 34 heavy (non-hydrogen) atoms. The van der Waals surface area contributed by atoms with E-state index < -0.39 is 6.09 Å². The van der Waals surface area contributed by atoms with E-state index >= 15 is 0 Å². The van der Waals surface area contributed by atoms with Gasteiger partial charge in [-0.15, -0.1) is 11.3 Å². The molecule has 3 aromatic carbocycles. The fraction of sp³-hybridized carbons (Fsp3) is 0.115. The van der Waals surface area contributed by atoms with Crippen LogP contribution in [0.2, 0.25) is 5.02 Å². The van der Waals surface area contributed by atoms with Crippen LogP contribution in [0.15, 0.2) is 90.6 Å². The van der Waals surface area contributed by atoms with Gasteiger partial charge in [0.1, 0.15) is 6.61 Å². The smallest absolute Gasteiger partial charge is 0.411 e. The number of thiazole rings is 1. The zero-order chi connectivity index (χ0) is 23.8. The summed E-state index contributed by atoms with van der Waals surface area (Å²) < 4.78 is 5.21. The van der Waals surface area contributed by atoms with Crippen molar-refractivity contribution in [3.05, 3.63) is 112 Å². The van der Waals surface area contributed by atoms with E-state index in [1.165, 1.54) is 11.3 Å². The number of carbonyl (C=O) groups excluding carboxylic acids is 2. The Labute approximate surface area is 206 Å². The normalized spacial score (nSPS) is 10.5. The lowest BCUT2D eigenvalue weighted by Crippen LogP contribution is -2.31. The second-order valence-corrected chi connectivity index (χ2v) is 8.90. The van der Waals surface area contributed by atoms with E-state index in [2.05, 4.69) is 10.3 Å². The molecule has 0 aliphatic heterocycles. The van der Waals surface area contributed by atoms with Crippen molar-refractivity contribution in [2.75, 3.05) is 10.2 Å². The first kappa shape index (κ1) is 23.5. The Morgan fingerprint density at radius 1 is 0.971 bits per heavy atom. The lowest BCUT2D eigenvalue weighted by Gasteiger charge is -2.23. The molecule has 0 atom stereocenters. The lowest BCUT2D eigenvalue weighted by molar-refractivity contribution is -0.118. The largest absolute Gasteiger partial charge is 0.444 e. The van der Waals surface area contributed by atoms with Crippen LogP contribution in [0, 0.1) is 0 Å². The predicted molar refractivity (Wildman–Crippen MR) is 135 cm³/mol. The number of carbonyl (C=O) groups is 2. The molecular formula is C26H22ClN3O3S. The molecule has 1 heterocycles. The minimum atomic E-state index is -0.556. The topological polar surface area (TPSA) is 71.5 Å². The summed E-state index contributed by atoms with van der Waals surface area (Å²) in [7, 11) is 0. The Bertz CT molecular complexity index is 1230. The summed E-state index contributed by atoms with van der Waals surface area (Å²) in [4.78, 5) is 31.9. The monoisotopic (exact) mass is 491 g/mol. The fourth-order valence-electron chi connectivity index (χ4n) is 3.34. The molecule has 8 heteroatoms. The van der Waals surface area contributed by atoms with Gasteiger partial charge in [-0.3, -0.25) is 15.1 Å². The van der Waals surface area contributed by atoms with Gasteiger partial charge in [-0.2, -0.15) is 0 Å². The van der Waals surface area contributed by atoms with Crippen molar-refractivity contribution in [2.24, 2.45) is 0 Å². The van der Waals surface area contributed by atoms with Crippen molar-refractivity contribution in [2.45, 2.75) is 19.6 Å². The van der Waals surface area contributed by atoms with E-state index in [4.69, 9.17) is 16.3 Å². The van der Waals surface area contributed by atoms with Crippen molar-refractivity contribution >= 4 is 46.3 Å². The van der Waals surface area contributed by atoms with Gasteiger partial charge in [-0.25, -0.2) is 4.79 Å². The van der Waals surface area contributed by atoms with Gasteiger partial charge in [0.25, 0.3) is 0 Å². The van der Waals surface area contributed by atoms with Crippen molar-refractivity contribution in [1.82, 2.24) is 4.98 Å². The quantitative estimate of drug-likeness (QED) is 0.313. The Balaban J connectivity index is 1.46. The zero-order valence-electron chi connectivity index (χ0n) is 18.2. The average molecular weight is 492 g/mol. The second kappa shape index (κ2) is 11.4. The number of anilines is 2. The van der Waals surface area contributed by atoms with Gasteiger partial charge in [-0.05, 0) is 47.5 Å². The van der Waals surface area contributed by atoms with Crippen LogP contribution in [-0.2, 0) is 29.1 Å². The number of nitrogens with one attached hydrogen (secondary N) is 1. The standard InChI is InChI=1S/C26H22ClN3O3S/c27-21-8-4-7-20(13-21)14-25(31)30(16-19-5-2-1-3-6-19)23-11-9-22(10-12-23)29-26(32)33-17-24-15-28-18-34-24/h1-13,15,18H,14,16-17H2,(H,29,32). The van der Waals surface area contributed by atoms with Crippen LogP contribution in [-0.4, -0.2) is 17.0 Å². The molecule has 1 aromatic heterocycles. The third-order valence-corrected chi connectivity index (χ3v) is 5.97. The maximum Gasteiger partial charge on any atom is 0.411 e. The van der Waals surface area contributed by atoms with E-state index in [9.17, 15) is 9.59 Å². The number of hydrogen-bond donors (Lipinski definition) is 1. The van der Waals surface area contributed by atoms with Crippen LogP contribution >= 0.6 is 22.9 Å². The first-order valence-electron chi connectivity index (χ1n) is 10.6. The SMILES string of the molecule is O=C(Nc1ccc(N(Cc2ccccc2)C(=O)Cc2cccc(Cl)c2)cc1)OCc1cncs1. The third-order valence-electron chi connectivity index (χ3n) is 4.98. The Kier molecular flexibility index (Phi) is 7.91. The summed E-state index contributed by atoms with van der Waals surface area (Å²) >= 11 is 7.51. The maximum atomic E-state index is 13.3. The molecule has 0 unspecified atom stereocenters. The van der Waals surface area contributed by atoms with Gasteiger partial charge in [0.2, 0.25) is 5.91 Å². The molecule has 0 aliphatic carbocycles. The molecule has 0 aliphatic rings. The summed E-state index contributed by atoms with van der Waals surface area (Å²) in [5.74, 6) is -0.0594. The molecule has 0 radical (unpaired) electrons. The highest BCUT2D eigenvalue weighted by molar-refractivity contribution is 7.09. The van der Waals surface area contributed by atoms with Gasteiger partial charge in [-0.1, -0.05) is 54.1 Å². The van der Waals surface area contributed by atoms with Gasteiger partial charge < -0.3 is 9.64 Å². The Hall–Kier alpha value is -3.68. The van der Waals surface area contributed by atoms with Crippen molar-refractivity contribution < 1.29 is 14.3 Å². The molecule has 172 valence electrons. The van der Waals surface area contributed by atoms with Crippen molar-refractivity contribution in [3.63, 3.8) is 0 Å². The molecular weight excluding hydrogens is 470 g/mol. The maximum absolute atomic E-state index is 13.3. The summed E-state index contributed by atoms with van der Waals surface area (Å²) in [6, 6.07) is 24.2. The average Bonchev–Trinajstić information content (AvgIpc) is 3.36. The van der Waals surface area contributed by atoms with Gasteiger partial charge in [0.15, 0.2) is 0 Å². The predicted octanol–water partition coefficient (Wildman–Crippen LogP) is 6.32. The summed E-state index contributed by atoms with van der Waals surface area (Å²) in [5, 5.41) is 3.30. The molecule has 0 saturated heterocycles. The molecule has 2 amide bonds. The van der Waals surface area contributed by atoms with Crippen molar-refractivity contribution in [3.8, 4) is 0 Å². The zero-order valence-corrected chi connectivity index (χ0v) is 19.8. The highest BCUT2D eigenvalue weighted by Crippen LogP contribution is 2.22. The van der Waals surface area contributed by atoms with Crippen molar-refractivity contribution in [1.29, 1.82) is 0 Å². The highest BCUT2D eigenvalue weighted by Gasteiger charge is 2.17. The summed E-state index contributed by atoms with van der Waals surface area (Å²) in [6.45, 7) is 0.585. The number of ether oxygens (including phenoxy) is 1. The number of rotatable bonds is 8. The number of amides is 2. The van der Waals surface area contributed by atoms with Crippen LogP contribution in [0.3, 0.4) is 0 Å². The molecule has 0 bridgehead atoms. The first-order chi connectivity index (χ1) is 16.6. The molecule has 0 saturated carbocycles. The minimum absolute atomic E-state index is 0.0594. The van der Waals surface area contributed by atoms with E-state index in [1.807, 2.05) is 42.5 Å². The third kappa shape index (κ3) is 6.66. The molecule has 0 spiro atoms. The molecule has 1 N–H and O–H groups in total. The van der Waals surface area contributed by atoms with Gasteiger partial charge >= 0.3 is 6.09 Å². The number of halogens is 1.